The Morgan fingerprint density at radius 2 is 2.15 bits per heavy atom. The summed E-state index contributed by atoms with van der Waals surface area (Å²) >= 11 is 0. The number of urea groups is 1. The molecule has 2 fully saturated rings. The zero-order chi connectivity index (χ0) is 14.4. The van der Waals surface area contributed by atoms with Crippen molar-refractivity contribution in [2.24, 2.45) is 5.92 Å². The summed E-state index contributed by atoms with van der Waals surface area (Å²) in [4.78, 5) is 27.2. The first-order valence-electron chi connectivity index (χ1n) is 7.93. The molecule has 3 amide bonds. The lowest BCUT2D eigenvalue weighted by atomic mass is 9.85. The van der Waals surface area contributed by atoms with Gasteiger partial charge in [-0.3, -0.25) is 4.79 Å². The van der Waals surface area contributed by atoms with Crippen LogP contribution in [-0.2, 0) is 4.79 Å². The molecule has 1 heterocycles. The summed E-state index contributed by atoms with van der Waals surface area (Å²) in [6.07, 6.45) is 7.50. The van der Waals surface area contributed by atoms with Crippen molar-refractivity contribution in [3.05, 3.63) is 0 Å². The zero-order valence-electron chi connectivity index (χ0n) is 12.6. The van der Waals surface area contributed by atoms with Gasteiger partial charge in [-0.1, -0.05) is 6.42 Å². The summed E-state index contributed by atoms with van der Waals surface area (Å²) in [5.41, 5.74) is 0. The number of piperidine rings is 1. The molecule has 0 spiro atoms. The normalized spacial score (nSPS) is 19.6. The Hall–Kier alpha value is -1.26. The predicted octanol–water partition coefficient (Wildman–Crippen LogP) is 1.83. The van der Waals surface area contributed by atoms with Crippen LogP contribution in [-0.4, -0.2) is 55.0 Å². The molecule has 0 unspecified atom stereocenters. The lowest BCUT2D eigenvalue weighted by Gasteiger charge is -2.30. The van der Waals surface area contributed by atoms with Crippen molar-refractivity contribution in [1.82, 2.24) is 15.1 Å². The van der Waals surface area contributed by atoms with Crippen LogP contribution in [0.1, 0.15) is 44.9 Å². The van der Waals surface area contributed by atoms with Gasteiger partial charge < -0.3 is 15.1 Å². The second kappa shape index (κ2) is 7.50. The average Bonchev–Trinajstić information content (AvgIpc) is 2.40. The molecule has 0 aromatic rings. The standard InChI is InChI=1S/C15H27N3O2/c1-17(12-13-6-4-7-13)15(20)16-9-5-11-18-10-3-2-8-14(18)19/h13H,2-12H2,1H3,(H,16,20). The zero-order valence-corrected chi connectivity index (χ0v) is 12.6. The van der Waals surface area contributed by atoms with Gasteiger partial charge in [-0.2, -0.15) is 0 Å². The molecule has 1 N–H and O–H groups in total. The lowest BCUT2D eigenvalue weighted by Crippen LogP contribution is -2.42. The van der Waals surface area contributed by atoms with Gasteiger partial charge in [0.25, 0.3) is 0 Å². The number of nitrogens with zero attached hydrogens (tertiary/aromatic N) is 2. The highest BCUT2D eigenvalue weighted by atomic mass is 16.2. The Labute approximate surface area is 121 Å². The third-order valence-corrected chi connectivity index (χ3v) is 4.41. The van der Waals surface area contributed by atoms with E-state index < -0.39 is 0 Å². The van der Waals surface area contributed by atoms with Crippen LogP contribution < -0.4 is 5.32 Å². The molecule has 1 saturated heterocycles. The van der Waals surface area contributed by atoms with Crippen molar-refractivity contribution >= 4 is 11.9 Å². The van der Waals surface area contributed by atoms with Gasteiger partial charge in [-0.05, 0) is 38.0 Å². The van der Waals surface area contributed by atoms with Gasteiger partial charge in [0, 0.05) is 39.6 Å². The summed E-state index contributed by atoms with van der Waals surface area (Å²) in [5, 5.41) is 2.94. The fourth-order valence-electron chi connectivity index (χ4n) is 2.84. The second-order valence-electron chi connectivity index (χ2n) is 6.10. The van der Waals surface area contributed by atoms with Gasteiger partial charge in [0.15, 0.2) is 0 Å². The number of carbonyl (C=O) groups is 2. The van der Waals surface area contributed by atoms with Gasteiger partial charge in [0.1, 0.15) is 0 Å². The number of likely N-dealkylation sites (tertiary alicyclic amines) is 1. The summed E-state index contributed by atoms with van der Waals surface area (Å²) in [6.45, 7) is 3.17. The van der Waals surface area contributed by atoms with Crippen LogP contribution in [0.15, 0.2) is 0 Å². The first-order valence-corrected chi connectivity index (χ1v) is 7.93. The van der Waals surface area contributed by atoms with E-state index in [0.717, 1.165) is 38.9 Å². The van der Waals surface area contributed by atoms with Crippen molar-refractivity contribution in [3.8, 4) is 0 Å². The Bertz CT molecular complexity index is 342. The molecule has 20 heavy (non-hydrogen) atoms. The first-order chi connectivity index (χ1) is 9.66. The maximum atomic E-state index is 11.9. The van der Waals surface area contributed by atoms with E-state index in [9.17, 15) is 9.59 Å². The minimum Gasteiger partial charge on any atom is -0.343 e. The van der Waals surface area contributed by atoms with E-state index in [1.807, 2.05) is 11.9 Å². The van der Waals surface area contributed by atoms with Gasteiger partial charge in [0.05, 0.1) is 0 Å². The van der Waals surface area contributed by atoms with Crippen molar-refractivity contribution in [1.29, 1.82) is 0 Å². The lowest BCUT2D eigenvalue weighted by molar-refractivity contribution is -0.133. The molecular weight excluding hydrogens is 254 g/mol. The molecule has 0 radical (unpaired) electrons. The Morgan fingerprint density at radius 1 is 1.35 bits per heavy atom. The summed E-state index contributed by atoms with van der Waals surface area (Å²) in [7, 11) is 1.86. The van der Waals surface area contributed by atoms with E-state index in [1.165, 1.54) is 19.3 Å². The van der Waals surface area contributed by atoms with Crippen LogP contribution in [0.3, 0.4) is 0 Å². The van der Waals surface area contributed by atoms with E-state index in [2.05, 4.69) is 5.32 Å². The van der Waals surface area contributed by atoms with Crippen LogP contribution in [0.5, 0.6) is 0 Å². The fraction of sp³-hybridized carbons (Fsp3) is 0.867. The molecule has 0 atom stereocenters. The van der Waals surface area contributed by atoms with E-state index >= 15 is 0 Å². The van der Waals surface area contributed by atoms with Gasteiger partial charge >= 0.3 is 6.03 Å². The van der Waals surface area contributed by atoms with Crippen molar-refractivity contribution in [3.63, 3.8) is 0 Å². The van der Waals surface area contributed by atoms with Crippen molar-refractivity contribution in [2.75, 3.05) is 33.2 Å². The fourth-order valence-corrected chi connectivity index (χ4v) is 2.84. The maximum Gasteiger partial charge on any atom is 0.317 e. The van der Waals surface area contributed by atoms with Crippen LogP contribution >= 0.6 is 0 Å². The number of nitrogens with one attached hydrogen (secondary N) is 1. The Kier molecular flexibility index (Phi) is 5.68. The highest BCUT2D eigenvalue weighted by Gasteiger charge is 2.21. The summed E-state index contributed by atoms with van der Waals surface area (Å²) in [5.74, 6) is 0.974. The third kappa shape index (κ3) is 4.39. The molecular formula is C15H27N3O2. The topological polar surface area (TPSA) is 52.7 Å². The number of amides is 3. The van der Waals surface area contributed by atoms with Crippen LogP contribution in [0, 0.1) is 5.92 Å². The molecule has 5 heteroatoms. The second-order valence-corrected chi connectivity index (χ2v) is 6.10. The number of hydrogen-bond donors (Lipinski definition) is 1. The van der Waals surface area contributed by atoms with E-state index in [-0.39, 0.29) is 11.9 Å². The highest BCUT2D eigenvalue weighted by Crippen LogP contribution is 2.26. The number of hydrogen-bond acceptors (Lipinski definition) is 2. The van der Waals surface area contributed by atoms with Crippen molar-refractivity contribution in [2.45, 2.75) is 44.9 Å². The molecule has 0 aromatic carbocycles. The molecule has 1 saturated carbocycles. The summed E-state index contributed by atoms with van der Waals surface area (Å²) in [6, 6.07) is 0.0156. The number of rotatable bonds is 6. The quantitative estimate of drug-likeness (QED) is 0.755. The van der Waals surface area contributed by atoms with E-state index in [4.69, 9.17) is 0 Å². The average molecular weight is 281 g/mol. The minimum absolute atomic E-state index is 0.0156. The van der Waals surface area contributed by atoms with E-state index in [0.29, 0.717) is 18.9 Å². The third-order valence-electron chi connectivity index (χ3n) is 4.41. The molecule has 2 aliphatic rings. The van der Waals surface area contributed by atoms with Crippen LogP contribution in [0.25, 0.3) is 0 Å². The highest BCUT2D eigenvalue weighted by molar-refractivity contribution is 5.76. The van der Waals surface area contributed by atoms with E-state index in [1.54, 1.807) is 4.90 Å². The SMILES string of the molecule is CN(CC1CCC1)C(=O)NCCCN1CCCCC1=O. The first kappa shape index (κ1) is 15.1. The predicted molar refractivity (Wildman–Crippen MR) is 78.4 cm³/mol. The Balaban J connectivity index is 1.55. The molecule has 0 aromatic heterocycles. The molecule has 1 aliphatic carbocycles. The molecule has 0 bridgehead atoms. The van der Waals surface area contributed by atoms with Crippen LogP contribution in [0.2, 0.25) is 0 Å². The monoisotopic (exact) mass is 281 g/mol. The molecule has 114 valence electrons. The van der Waals surface area contributed by atoms with Crippen molar-refractivity contribution < 1.29 is 9.59 Å². The molecule has 1 aliphatic heterocycles. The number of carbonyl (C=O) groups excluding carboxylic acids is 2. The Morgan fingerprint density at radius 3 is 2.80 bits per heavy atom. The minimum atomic E-state index is 0.0156. The van der Waals surface area contributed by atoms with Crippen LogP contribution in [0.4, 0.5) is 4.79 Å². The largest absolute Gasteiger partial charge is 0.343 e. The molecule has 5 nitrogen and oxygen atoms in total. The summed E-state index contributed by atoms with van der Waals surface area (Å²) < 4.78 is 0. The van der Waals surface area contributed by atoms with Gasteiger partial charge in [-0.25, -0.2) is 4.79 Å². The maximum absolute atomic E-state index is 11.9. The van der Waals surface area contributed by atoms with Gasteiger partial charge in [0.2, 0.25) is 5.91 Å². The smallest absolute Gasteiger partial charge is 0.317 e. The van der Waals surface area contributed by atoms with Gasteiger partial charge in [-0.15, -0.1) is 0 Å². The molecule has 2 rings (SSSR count).